The number of ether oxygens (including phenoxy) is 1. The first-order valence-electron chi connectivity index (χ1n) is 4.76. The maximum atomic E-state index is 5.13. The van der Waals surface area contributed by atoms with Gasteiger partial charge in [0.25, 0.3) is 0 Å². The Balaban J connectivity index is 0.000000424. The predicted octanol–water partition coefficient (Wildman–Crippen LogP) is 3.73. The van der Waals surface area contributed by atoms with Crippen LogP contribution in [0, 0.1) is 13.8 Å². The Labute approximate surface area is 81.7 Å². The van der Waals surface area contributed by atoms with E-state index in [0.29, 0.717) is 0 Å². The van der Waals surface area contributed by atoms with Crippen molar-refractivity contribution in [3.05, 3.63) is 29.3 Å². The Bertz CT molecular complexity index is 241. The summed E-state index contributed by atoms with van der Waals surface area (Å²) in [6, 6.07) is 6.18. The SMILES string of the molecule is CCC.COc1cc(C)ccc1C. The summed E-state index contributed by atoms with van der Waals surface area (Å²) in [6.45, 7) is 8.35. The lowest BCUT2D eigenvalue weighted by atomic mass is 10.1. The van der Waals surface area contributed by atoms with E-state index < -0.39 is 0 Å². The van der Waals surface area contributed by atoms with Gasteiger partial charge in [0.05, 0.1) is 7.11 Å². The van der Waals surface area contributed by atoms with E-state index in [-0.39, 0.29) is 0 Å². The predicted molar refractivity (Wildman–Crippen MR) is 58.4 cm³/mol. The zero-order valence-electron chi connectivity index (χ0n) is 9.35. The first kappa shape index (κ1) is 12.0. The minimum Gasteiger partial charge on any atom is -0.496 e. The molecule has 1 rings (SSSR count). The third-order valence-corrected chi connectivity index (χ3v) is 1.56. The van der Waals surface area contributed by atoms with Gasteiger partial charge < -0.3 is 4.74 Å². The quantitative estimate of drug-likeness (QED) is 0.640. The lowest BCUT2D eigenvalue weighted by molar-refractivity contribution is 0.411. The third kappa shape index (κ3) is 4.56. The van der Waals surface area contributed by atoms with E-state index in [1.807, 2.05) is 13.0 Å². The Kier molecular flexibility index (Phi) is 6.03. The number of hydrogen-bond acceptors (Lipinski definition) is 1. The molecule has 0 saturated carbocycles. The highest BCUT2D eigenvalue weighted by atomic mass is 16.5. The standard InChI is InChI=1S/C9H12O.C3H8/c1-7-4-5-8(2)9(6-7)10-3;1-3-2/h4-6H,1-3H3;3H2,1-2H3. The fraction of sp³-hybridized carbons (Fsp3) is 0.500. The molecule has 0 aliphatic heterocycles. The number of hydrogen-bond donors (Lipinski definition) is 0. The molecule has 0 heterocycles. The van der Waals surface area contributed by atoms with E-state index in [4.69, 9.17) is 4.74 Å². The van der Waals surface area contributed by atoms with E-state index in [2.05, 4.69) is 32.9 Å². The van der Waals surface area contributed by atoms with Crippen molar-refractivity contribution in [3.8, 4) is 5.75 Å². The summed E-state index contributed by atoms with van der Waals surface area (Å²) in [6.07, 6.45) is 1.25. The van der Waals surface area contributed by atoms with Crippen molar-refractivity contribution in [3.63, 3.8) is 0 Å². The molecule has 0 atom stereocenters. The van der Waals surface area contributed by atoms with Crippen LogP contribution in [0.1, 0.15) is 31.4 Å². The zero-order valence-corrected chi connectivity index (χ0v) is 9.35. The molecule has 1 aromatic rings. The van der Waals surface area contributed by atoms with Crippen LogP contribution in [0.4, 0.5) is 0 Å². The molecule has 0 radical (unpaired) electrons. The van der Waals surface area contributed by atoms with Gasteiger partial charge in [-0.3, -0.25) is 0 Å². The van der Waals surface area contributed by atoms with E-state index in [0.717, 1.165) is 5.75 Å². The van der Waals surface area contributed by atoms with Gasteiger partial charge in [-0.05, 0) is 31.0 Å². The molecular formula is C12H20O. The minimum atomic E-state index is 0.972. The van der Waals surface area contributed by atoms with Gasteiger partial charge in [-0.15, -0.1) is 0 Å². The fourth-order valence-electron chi connectivity index (χ4n) is 0.927. The molecule has 0 amide bonds. The third-order valence-electron chi connectivity index (χ3n) is 1.56. The normalized spacial score (nSPS) is 8.69. The molecule has 0 N–H and O–H groups in total. The van der Waals surface area contributed by atoms with Crippen LogP contribution in [0.5, 0.6) is 5.75 Å². The van der Waals surface area contributed by atoms with Crippen LogP contribution in [0.15, 0.2) is 18.2 Å². The summed E-state index contributed by atoms with van der Waals surface area (Å²) in [4.78, 5) is 0. The largest absolute Gasteiger partial charge is 0.496 e. The summed E-state index contributed by atoms with van der Waals surface area (Å²) < 4.78 is 5.13. The topological polar surface area (TPSA) is 9.23 Å². The van der Waals surface area contributed by atoms with E-state index in [1.165, 1.54) is 17.5 Å². The second-order valence-electron chi connectivity index (χ2n) is 3.18. The lowest BCUT2D eigenvalue weighted by Gasteiger charge is -2.03. The van der Waals surface area contributed by atoms with Crippen molar-refractivity contribution >= 4 is 0 Å². The van der Waals surface area contributed by atoms with Crippen molar-refractivity contribution in [2.24, 2.45) is 0 Å². The molecule has 1 aromatic carbocycles. The highest BCUT2D eigenvalue weighted by molar-refractivity contribution is 5.35. The first-order chi connectivity index (χ1) is 6.15. The van der Waals surface area contributed by atoms with Gasteiger partial charge >= 0.3 is 0 Å². The lowest BCUT2D eigenvalue weighted by Crippen LogP contribution is -1.86. The van der Waals surface area contributed by atoms with Crippen LogP contribution in [0.2, 0.25) is 0 Å². The molecule has 1 heteroatoms. The van der Waals surface area contributed by atoms with Crippen LogP contribution in [0.25, 0.3) is 0 Å². The molecule has 0 aliphatic carbocycles. The number of rotatable bonds is 1. The van der Waals surface area contributed by atoms with Gasteiger partial charge in [-0.1, -0.05) is 32.4 Å². The van der Waals surface area contributed by atoms with E-state index in [1.54, 1.807) is 7.11 Å². The van der Waals surface area contributed by atoms with Crippen molar-refractivity contribution < 1.29 is 4.74 Å². The van der Waals surface area contributed by atoms with Crippen LogP contribution in [-0.2, 0) is 0 Å². The van der Waals surface area contributed by atoms with Gasteiger partial charge in [-0.25, -0.2) is 0 Å². The van der Waals surface area contributed by atoms with Crippen molar-refractivity contribution in [1.82, 2.24) is 0 Å². The molecule has 0 aromatic heterocycles. The minimum absolute atomic E-state index is 0.972. The van der Waals surface area contributed by atoms with Crippen molar-refractivity contribution in [2.45, 2.75) is 34.1 Å². The Morgan fingerprint density at radius 3 is 2.08 bits per heavy atom. The van der Waals surface area contributed by atoms with Gasteiger partial charge in [0.15, 0.2) is 0 Å². The summed E-state index contributed by atoms with van der Waals surface area (Å²) in [5.74, 6) is 0.972. The highest BCUT2D eigenvalue weighted by Gasteiger charge is 1.94. The highest BCUT2D eigenvalue weighted by Crippen LogP contribution is 2.17. The Morgan fingerprint density at radius 2 is 1.69 bits per heavy atom. The molecule has 0 bridgehead atoms. The van der Waals surface area contributed by atoms with Gasteiger partial charge in [0.1, 0.15) is 5.75 Å². The average Bonchev–Trinajstić information content (AvgIpc) is 2.10. The Hall–Kier alpha value is -0.980. The molecule has 0 fully saturated rings. The number of benzene rings is 1. The molecule has 0 spiro atoms. The molecule has 0 unspecified atom stereocenters. The van der Waals surface area contributed by atoms with Crippen LogP contribution in [0.3, 0.4) is 0 Å². The average molecular weight is 180 g/mol. The van der Waals surface area contributed by atoms with Crippen LogP contribution >= 0.6 is 0 Å². The van der Waals surface area contributed by atoms with Gasteiger partial charge in [-0.2, -0.15) is 0 Å². The number of aryl methyl sites for hydroxylation is 2. The van der Waals surface area contributed by atoms with Gasteiger partial charge in [0.2, 0.25) is 0 Å². The zero-order chi connectivity index (χ0) is 10.3. The monoisotopic (exact) mass is 180 g/mol. The summed E-state index contributed by atoms with van der Waals surface area (Å²) in [5.41, 5.74) is 2.43. The van der Waals surface area contributed by atoms with Crippen LogP contribution in [-0.4, -0.2) is 7.11 Å². The number of methoxy groups -OCH3 is 1. The van der Waals surface area contributed by atoms with Crippen molar-refractivity contribution in [2.75, 3.05) is 7.11 Å². The molecule has 74 valence electrons. The van der Waals surface area contributed by atoms with Crippen molar-refractivity contribution in [1.29, 1.82) is 0 Å². The van der Waals surface area contributed by atoms with E-state index >= 15 is 0 Å². The maximum Gasteiger partial charge on any atom is 0.122 e. The summed E-state index contributed by atoms with van der Waals surface area (Å²) >= 11 is 0. The first-order valence-corrected chi connectivity index (χ1v) is 4.76. The maximum absolute atomic E-state index is 5.13. The second-order valence-corrected chi connectivity index (χ2v) is 3.18. The molecule has 13 heavy (non-hydrogen) atoms. The van der Waals surface area contributed by atoms with E-state index in [9.17, 15) is 0 Å². The summed E-state index contributed by atoms with van der Waals surface area (Å²) in [5, 5.41) is 0. The summed E-state index contributed by atoms with van der Waals surface area (Å²) in [7, 11) is 1.70. The molecule has 1 nitrogen and oxygen atoms in total. The molecular weight excluding hydrogens is 160 g/mol. The Morgan fingerprint density at radius 1 is 1.15 bits per heavy atom. The molecule has 0 aliphatic rings. The smallest absolute Gasteiger partial charge is 0.122 e. The van der Waals surface area contributed by atoms with Crippen LogP contribution < -0.4 is 4.74 Å². The fourth-order valence-corrected chi connectivity index (χ4v) is 0.927. The second kappa shape index (κ2) is 6.53. The molecule has 0 saturated heterocycles. The van der Waals surface area contributed by atoms with Gasteiger partial charge in [0, 0.05) is 0 Å².